The molecule has 0 fully saturated rings. The quantitative estimate of drug-likeness (QED) is 0.528. The average Bonchev–Trinajstić information content (AvgIpc) is 1.89. The number of alkyl halides is 1. The van der Waals surface area contributed by atoms with Crippen LogP contribution in [-0.2, 0) is 0 Å². The molecule has 0 N–H and O–H groups in total. The van der Waals surface area contributed by atoms with Crippen molar-refractivity contribution >= 4 is 11.6 Å². The molecule has 2 heteroatoms. The summed E-state index contributed by atoms with van der Waals surface area (Å²) in [6, 6.07) is 0. The third-order valence-corrected chi connectivity index (χ3v) is 1.27. The van der Waals surface area contributed by atoms with Crippen molar-refractivity contribution in [3.05, 3.63) is 11.6 Å². The highest BCUT2D eigenvalue weighted by molar-refractivity contribution is 6.25. The second kappa shape index (κ2) is 7.96. The van der Waals surface area contributed by atoms with Gasteiger partial charge in [-0.25, -0.2) is 0 Å². The summed E-state index contributed by atoms with van der Waals surface area (Å²) < 4.78 is 11.5. The van der Waals surface area contributed by atoms with Crippen LogP contribution in [0.1, 0.15) is 25.7 Å². The normalized spacial score (nSPS) is 10.9. The molecule has 0 aromatic heterocycles. The van der Waals surface area contributed by atoms with Crippen LogP contribution in [0.15, 0.2) is 11.6 Å². The topological polar surface area (TPSA) is 0 Å². The van der Waals surface area contributed by atoms with Gasteiger partial charge in [-0.15, -0.1) is 0 Å². The third-order valence-electron chi connectivity index (χ3n) is 1.09. The predicted molar refractivity (Wildman–Crippen MR) is 39.4 cm³/mol. The van der Waals surface area contributed by atoms with Crippen molar-refractivity contribution in [3.8, 4) is 0 Å². The highest BCUT2D eigenvalue weighted by Gasteiger charge is 1.84. The number of rotatable bonds is 5. The largest absolute Gasteiger partial charge is 0.251 e. The van der Waals surface area contributed by atoms with Gasteiger partial charge in [0.05, 0.1) is 6.67 Å². The van der Waals surface area contributed by atoms with Crippen LogP contribution in [0.25, 0.3) is 0 Å². The number of allylic oxidation sites excluding steroid dienone is 1. The van der Waals surface area contributed by atoms with E-state index in [9.17, 15) is 4.39 Å². The molecule has 54 valence electrons. The van der Waals surface area contributed by atoms with Crippen LogP contribution in [-0.4, -0.2) is 6.67 Å². The molecule has 9 heavy (non-hydrogen) atoms. The van der Waals surface area contributed by atoms with Crippen molar-refractivity contribution in [1.82, 2.24) is 0 Å². The zero-order chi connectivity index (χ0) is 6.95. The predicted octanol–water partition coefficient (Wildman–Crippen LogP) is 3.27. The van der Waals surface area contributed by atoms with Gasteiger partial charge in [-0.3, -0.25) is 4.39 Å². The van der Waals surface area contributed by atoms with Crippen molar-refractivity contribution in [2.75, 3.05) is 6.67 Å². The lowest BCUT2D eigenvalue weighted by atomic mass is 10.2. The maximum absolute atomic E-state index is 11.5. The average molecular weight is 151 g/mol. The van der Waals surface area contributed by atoms with E-state index in [2.05, 4.69) is 0 Å². The van der Waals surface area contributed by atoms with Crippen molar-refractivity contribution in [1.29, 1.82) is 0 Å². The van der Waals surface area contributed by atoms with Crippen LogP contribution in [0.3, 0.4) is 0 Å². The first-order valence-corrected chi connectivity index (χ1v) is 3.66. The van der Waals surface area contributed by atoms with Crippen LogP contribution in [0.2, 0.25) is 0 Å². The van der Waals surface area contributed by atoms with E-state index in [0.717, 1.165) is 19.3 Å². The summed E-state index contributed by atoms with van der Waals surface area (Å²) in [5, 5.41) is 0. The molecule has 0 radical (unpaired) electrons. The van der Waals surface area contributed by atoms with Gasteiger partial charge >= 0.3 is 0 Å². The summed E-state index contributed by atoms with van der Waals surface area (Å²) in [6.45, 7) is -0.190. The molecule has 0 atom stereocenters. The molecule has 0 saturated heterocycles. The van der Waals surface area contributed by atoms with E-state index >= 15 is 0 Å². The van der Waals surface area contributed by atoms with Gasteiger partial charge in [-0.05, 0) is 19.3 Å². The van der Waals surface area contributed by atoms with E-state index in [-0.39, 0.29) is 6.67 Å². The van der Waals surface area contributed by atoms with Crippen molar-refractivity contribution < 1.29 is 4.39 Å². The lowest BCUT2D eigenvalue weighted by Gasteiger charge is -1.90. The minimum Gasteiger partial charge on any atom is -0.251 e. The monoisotopic (exact) mass is 150 g/mol. The first-order chi connectivity index (χ1) is 4.41. The van der Waals surface area contributed by atoms with E-state index in [0.29, 0.717) is 6.42 Å². The minimum atomic E-state index is -0.190. The van der Waals surface area contributed by atoms with Crippen molar-refractivity contribution in [2.24, 2.45) is 0 Å². The highest BCUT2D eigenvalue weighted by atomic mass is 35.5. The molecule has 0 aromatic rings. The van der Waals surface area contributed by atoms with Crippen LogP contribution in [0, 0.1) is 0 Å². The molecule has 0 aliphatic heterocycles. The fourth-order valence-corrected chi connectivity index (χ4v) is 0.722. The van der Waals surface area contributed by atoms with Crippen LogP contribution >= 0.6 is 11.6 Å². The SMILES string of the molecule is FCCCCCC=CCl. The summed E-state index contributed by atoms with van der Waals surface area (Å²) in [6.07, 6.45) is 5.57. The Morgan fingerprint density at radius 3 is 2.56 bits per heavy atom. The number of hydrogen-bond donors (Lipinski definition) is 0. The maximum atomic E-state index is 11.5. The van der Waals surface area contributed by atoms with Gasteiger partial charge in [0.15, 0.2) is 0 Å². The van der Waals surface area contributed by atoms with E-state index < -0.39 is 0 Å². The Morgan fingerprint density at radius 1 is 1.22 bits per heavy atom. The molecule has 0 aliphatic carbocycles. The number of hydrogen-bond acceptors (Lipinski definition) is 0. The first-order valence-electron chi connectivity index (χ1n) is 3.23. The molecule has 0 amide bonds. The van der Waals surface area contributed by atoms with Gasteiger partial charge < -0.3 is 0 Å². The maximum Gasteiger partial charge on any atom is 0.0894 e. The van der Waals surface area contributed by atoms with Gasteiger partial charge in [-0.1, -0.05) is 24.1 Å². The molecular weight excluding hydrogens is 139 g/mol. The Morgan fingerprint density at radius 2 is 2.00 bits per heavy atom. The Labute approximate surface area is 60.7 Å². The van der Waals surface area contributed by atoms with Gasteiger partial charge in [0.1, 0.15) is 0 Å². The zero-order valence-corrected chi connectivity index (χ0v) is 6.20. The molecule has 0 bridgehead atoms. The molecule has 0 saturated carbocycles. The molecule has 0 aliphatic rings. The van der Waals surface area contributed by atoms with E-state index in [1.54, 1.807) is 0 Å². The van der Waals surface area contributed by atoms with Crippen molar-refractivity contribution in [2.45, 2.75) is 25.7 Å². The molecule has 0 unspecified atom stereocenters. The standard InChI is InChI=1S/C7H12ClF/c8-6-4-2-1-3-5-7-9/h4,6H,1-3,5,7H2. The van der Waals surface area contributed by atoms with Crippen LogP contribution in [0.5, 0.6) is 0 Å². The van der Waals surface area contributed by atoms with Gasteiger partial charge in [0.2, 0.25) is 0 Å². The van der Waals surface area contributed by atoms with Crippen LogP contribution < -0.4 is 0 Å². The Balaban J connectivity index is 2.75. The van der Waals surface area contributed by atoms with E-state index in [1.165, 1.54) is 5.54 Å². The highest BCUT2D eigenvalue weighted by Crippen LogP contribution is 2.00. The summed E-state index contributed by atoms with van der Waals surface area (Å²) in [5.74, 6) is 0. The Bertz CT molecular complexity index is 71.3. The lowest BCUT2D eigenvalue weighted by molar-refractivity contribution is 0.457. The van der Waals surface area contributed by atoms with E-state index in [1.807, 2.05) is 6.08 Å². The lowest BCUT2D eigenvalue weighted by Crippen LogP contribution is -1.76. The second-order valence-corrected chi connectivity index (χ2v) is 2.15. The van der Waals surface area contributed by atoms with Gasteiger partial charge in [-0.2, -0.15) is 0 Å². The summed E-state index contributed by atoms with van der Waals surface area (Å²) in [4.78, 5) is 0. The Kier molecular flexibility index (Phi) is 7.92. The van der Waals surface area contributed by atoms with Crippen molar-refractivity contribution in [3.63, 3.8) is 0 Å². The van der Waals surface area contributed by atoms with E-state index in [4.69, 9.17) is 11.6 Å². The summed E-state index contributed by atoms with van der Waals surface area (Å²) >= 11 is 5.26. The first kappa shape index (κ1) is 8.96. The fraction of sp³-hybridized carbons (Fsp3) is 0.714. The van der Waals surface area contributed by atoms with Gasteiger partial charge in [0.25, 0.3) is 0 Å². The molecular formula is C7H12ClF. The summed E-state index contributed by atoms with van der Waals surface area (Å²) in [5.41, 5.74) is 1.51. The molecule has 0 nitrogen and oxygen atoms in total. The smallest absolute Gasteiger partial charge is 0.0894 e. The molecule has 0 aromatic carbocycles. The molecule has 0 spiro atoms. The fourth-order valence-electron chi connectivity index (χ4n) is 0.596. The Hall–Kier alpha value is -0.0400. The van der Waals surface area contributed by atoms with Gasteiger partial charge in [0, 0.05) is 5.54 Å². The number of unbranched alkanes of at least 4 members (excludes halogenated alkanes) is 3. The minimum absolute atomic E-state index is 0.190. The molecule has 0 heterocycles. The number of halogens is 2. The summed E-state index contributed by atoms with van der Waals surface area (Å²) in [7, 11) is 0. The second-order valence-electron chi connectivity index (χ2n) is 1.90. The third kappa shape index (κ3) is 7.96. The zero-order valence-electron chi connectivity index (χ0n) is 5.45. The van der Waals surface area contributed by atoms with Crippen LogP contribution in [0.4, 0.5) is 4.39 Å². The molecule has 0 rings (SSSR count).